The summed E-state index contributed by atoms with van der Waals surface area (Å²) in [6.45, 7) is 7.45. The topological polar surface area (TPSA) is 67.3 Å². The molecule has 0 amide bonds. The molecular weight excluding hydrogens is 323 g/mol. The average Bonchev–Trinajstić information content (AvgIpc) is 2.53. The van der Waals surface area contributed by atoms with Crippen molar-refractivity contribution in [2.24, 2.45) is 5.92 Å². The second kappa shape index (κ2) is 8.79. The van der Waals surface area contributed by atoms with E-state index in [2.05, 4.69) is 21.9 Å². The highest BCUT2D eigenvalue weighted by atomic mass is 19.4. The van der Waals surface area contributed by atoms with Crippen molar-refractivity contribution in [2.45, 2.75) is 32.2 Å². The Balaban J connectivity index is 2.68. The molecule has 134 valence electrons. The number of halogens is 3. The maximum Gasteiger partial charge on any atom is 0.433 e. The monoisotopic (exact) mass is 345 g/mol. The van der Waals surface area contributed by atoms with E-state index in [4.69, 9.17) is 4.74 Å². The van der Waals surface area contributed by atoms with E-state index in [1.807, 2.05) is 6.92 Å². The van der Waals surface area contributed by atoms with Crippen LogP contribution < -0.4 is 5.32 Å². The number of aliphatic hydroxyl groups excluding tert-OH is 1. The number of rotatable bonds is 8. The van der Waals surface area contributed by atoms with Crippen LogP contribution in [0.1, 0.15) is 19.5 Å². The van der Waals surface area contributed by atoms with Crippen molar-refractivity contribution in [1.82, 2.24) is 9.97 Å². The number of ether oxygens (including phenoxy) is 1. The van der Waals surface area contributed by atoms with Crippen molar-refractivity contribution in [2.75, 3.05) is 19.0 Å². The number of aromatic nitrogens is 2. The highest BCUT2D eigenvalue weighted by Gasteiger charge is 2.32. The molecule has 3 atom stereocenters. The Bertz CT molecular complexity index is 576. The summed E-state index contributed by atoms with van der Waals surface area (Å²) in [7, 11) is 1.48. The number of nitrogens with zero attached hydrogens (tertiary/aromatic N) is 2. The number of nitrogens with one attached hydrogen (secondary N) is 1. The summed E-state index contributed by atoms with van der Waals surface area (Å²) in [6.07, 6.45) is -1.41. The van der Waals surface area contributed by atoms with Crippen LogP contribution in [0.2, 0.25) is 0 Å². The first-order chi connectivity index (χ1) is 11.2. The quantitative estimate of drug-likeness (QED) is 0.709. The minimum atomic E-state index is -4.51. The lowest BCUT2D eigenvalue weighted by molar-refractivity contribution is -0.141. The van der Waals surface area contributed by atoms with E-state index in [1.54, 1.807) is 13.0 Å². The van der Waals surface area contributed by atoms with Gasteiger partial charge in [-0.3, -0.25) is 0 Å². The van der Waals surface area contributed by atoms with E-state index in [1.165, 1.54) is 13.2 Å². The molecule has 1 aromatic rings. The molecule has 0 bridgehead atoms. The van der Waals surface area contributed by atoms with Gasteiger partial charge in [0.05, 0.1) is 6.10 Å². The number of hydrogen-bond acceptors (Lipinski definition) is 5. The third-order valence-corrected chi connectivity index (χ3v) is 3.40. The molecule has 0 saturated carbocycles. The molecule has 1 rings (SSSR count). The summed E-state index contributed by atoms with van der Waals surface area (Å²) in [4.78, 5) is 7.19. The first-order valence-corrected chi connectivity index (χ1v) is 7.33. The van der Waals surface area contributed by atoms with Crippen LogP contribution in [-0.4, -0.2) is 40.9 Å². The van der Waals surface area contributed by atoms with E-state index in [9.17, 15) is 18.3 Å². The molecule has 0 aromatic carbocycles. The Hall–Kier alpha value is -1.93. The fourth-order valence-electron chi connectivity index (χ4n) is 2.10. The van der Waals surface area contributed by atoms with Crippen LogP contribution in [0.4, 0.5) is 19.1 Å². The van der Waals surface area contributed by atoms with Gasteiger partial charge in [-0.2, -0.15) is 13.2 Å². The lowest BCUT2D eigenvalue weighted by atomic mass is 9.97. The fourth-order valence-corrected chi connectivity index (χ4v) is 2.10. The van der Waals surface area contributed by atoms with E-state index < -0.39 is 24.1 Å². The zero-order valence-electron chi connectivity index (χ0n) is 13.8. The van der Waals surface area contributed by atoms with Crippen LogP contribution in [0.3, 0.4) is 0 Å². The SMILES string of the molecule is C=C[C@H](OC)[C@@H](O)[C@H](C)C=C(C)CNc1nccc(C(F)(F)F)n1. The molecule has 0 aliphatic heterocycles. The molecule has 1 heterocycles. The van der Waals surface area contributed by atoms with Gasteiger partial charge in [0.1, 0.15) is 11.8 Å². The Morgan fingerprint density at radius 2 is 2.17 bits per heavy atom. The Kier molecular flexibility index (Phi) is 7.37. The van der Waals surface area contributed by atoms with Crippen LogP contribution in [0.15, 0.2) is 36.6 Å². The largest absolute Gasteiger partial charge is 0.433 e. The van der Waals surface area contributed by atoms with E-state index >= 15 is 0 Å². The van der Waals surface area contributed by atoms with Crippen LogP contribution in [0.25, 0.3) is 0 Å². The third-order valence-electron chi connectivity index (χ3n) is 3.40. The minimum Gasteiger partial charge on any atom is -0.389 e. The average molecular weight is 345 g/mol. The van der Waals surface area contributed by atoms with Gasteiger partial charge in [-0.25, -0.2) is 9.97 Å². The molecule has 0 spiro atoms. The standard InChI is InChI=1S/C16H22F3N3O2/c1-5-12(24-4)14(23)11(3)8-10(2)9-21-15-20-7-6-13(22-15)16(17,18)19/h5-8,11-12,14,23H,1,9H2,2-4H3,(H,20,21,22)/t11-,12+,14+/m1/s1. The summed E-state index contributed by atoms with van der Waals surface area (Å²) >= 11 is 0. The molecule has 0 saturated heterocycles. The van der Waals surface area contributed by atoms with Crippen molar-refractivity contribution in [3.8, 4) is 0 Å². The smallest absolute Gasteiger partial charge is 0.389 e. The van der Waals surface area contributed by atoms with E-state index in [-0.39, 0.29) is 18.4 Å². The molecule has 0 unspecified atom stereocenters. The lowest BCUT2D eigenvalue weighted by Crippen LogP contribution is -2.31. The van der Waals surface area contributed by atoms with E-state index in [0.717, 1.165) is 17.8 Å². The van der Waals surface area contributed by atoms with Crippen LogP contribution in [0, 0.1) is 5.92 Å². The van der Waals surface area contributed by atoms with Crippen molar-refractivity contribution in [3.05, 3.63) is 42.3 Å². The third kappa shape index (κ3) is 5.93. The van der Waals surface area contributed by atoms with Crippen LogP contribution >= 0.6 is 0 Å². The molecule has 0 radical (unpaired) electrons. The normalized spacial score (nSPS) is 16.4. The van der Waals surface area contributed by atoms with E-state index in [0.29, 0.717) is 0 Å². The molecular formula is C16H22F3N3O2. The van der Waals surface area contributed by atoms with Gasteiger partial charge in [-0.15, -0.1) is 6.58 Å². The molecule has 8 heteroatoms. The van der Waals surface area contributed by atoms with Crippen molar-refractivity contribution < 1.29 is 23.0 Å². The predicted octanol–water partition coefficient (Wildman–Crippen LogP) is 3.05. The molecule has 0 fully saturated rings. The zero-order chi connectivity index (χ0) is 18.3. The van der Waals surface area contributed by atoms with Crippen molar-refractivity contribution in [3.63, 3.8) is 0 Å². The predicted molar refractivity (Wildman–Crippen MR) is 85.4 cm³/mol. The minimum absolute atomic E-state index is 0.105. The highest BCUT2D eigenvalue weighted by molar-refractivity contribution is 5.28. The van der Waals surface area contributed by atoms with Crippen LogP contribution in [-0.2, 0) is 10.9 Å². The highest BCUT2D eigenvalue weighted by Crippen LogP contribution is 2.27. The second-order valence-electron chi connectivity index (χ2n) is 5.42. The Labute approximate surface area is 139 Å². The maximum atomic E-state index is 12.6. The summed E-state index contributed by atoms with van der Waals surface area (Å²) in [5, 5.41) is 12.9. The summed E-state index contributed by atoms with van der Waals surface area (Å²) in [5.74, 6) is -0.330. The summed E-state index contributed by atoms with van der Waals surface area (Å²) < 4.78 is 42.9. The Morgan fingerprint density at radius 1 is 1.50 bits per heavy atom. The van der Waals surface area contributed by atoms with Gasteiger partial charge < -0.3 is 15.2 Å². The lowest BCUT2D eigenvalue weighted by Gasteiger charge is -2.22. The van der Waals surface area contributed by atoms with Gasteiger partial charge in [0.2, 0.25) is 5.95 Å². The van der Waals surface area contributed by atoms with Gasteiger partial charge in [0, 0.05) is 25.8 Å². The molecule has 0 aliphatic rings. The summed E-state index contributed by atoms with van der Waals surface area (Å²) in [5.41, 5.74) is -0.180. The Morgan fingerprint density at radius 3 is 2.71 bits per heavy atom. The van der Waals surface area contributed by atoms with Gasteiger partial charge >= 0.3 is 6.18 Å². The fraction of sp³-hybridized carbons (Fsp3) is 0.500. The van der Waals surface area contributed by atoms with Gasteiger partial charge in [-0.05, 0) is 13.0 Å². The van der Waals surface area contributed by atoms with Crippen molar-refractivity contribution >= 4 is 5.95 Å². The number of methoxy groups -OCH3 is 1. The van der Waals surface area contributed by atoms with Gasteiger partial charge in [-0.1, -0.05) is 24.6 Å². The summed E-state index contributed by atoms with van der Waals surface area (Å²) in [6, 6.07) is 0.812. The molecule has 1 aromatic heterocycles. The second-order valence-corrected chi connectivity index (χ2v) is 5.42. The maximum absolute atomic E-state index is 12.6. The number of alkyl halides is 3. The zero-order valence-corrected chi connectivity index (χ0v) is 13.8. The molecule has 24 heavy (non-hydrogen) atoms. The van der Waals surface area contributed by atoms with Gasteiger partial charge in [0.15, 0.2) is 0 Å². The number of aliphatic hydroxyl groups is 1. The number of anilines is 1. The first-order valence-electron chi connectivity index (χ1n) is 7.33. The van der Waals surface area contributed by atoms with Gasteiger partial charge in [0.25, 0.3) is 0 Å². The first kappa shape index (κ1) is 20.1. The van der Waals surface area contributed by atoms with Crippen molar-refractivity contribution in [1.29, 1.82) is 0 Å². The number of hydrogen-bond donors (Lipinski definition) is 2. The molecule has 2 N–H and O–H groups in total. The molecule has 0 aliphatic carbocycles. The van der Waals surface area contributed by atoms with Crippen LogP contribution in [0.5, 0.6) is 0 Å². The molecule has 5 nitrogen and oxygen atoms in total.